The molecule has 2 rings (SSSR count). The number of carbonyl (C=O) groups excluding carboxylic acids is 2. The number of rotatable bonds is 8. The summed E-state index contributed by atoms with van der Waals surface area (Å²) in [5.41, 5.74) is 1.04. The Morgan fingerprint density at radius 1 is 1.30 bits per heavy atom. The molecule has 2 aromatic rings. The molecule has 124 valence electrons. The molecule has 0 aliphatic heterocycles. The van der Waals surface area contributed by atoms with Crippen LogP contribution in [-0.2, 0) is 20.7 Å². The number of hydrogen-bond acceptors (Lipinski definition) is 5. The van der Waals surface area contributed by atoms with Crippen LogP contribution in [0.1, 0.15) is 37.6 Å². The van der Waals surface area contributed by atoms with Crippen molar-refractivity contribution in [3.63, 3.8) is 0 Å². The molecule has 0 saturated heterocycles. The number of benzene rings is 1. The van der Waals surface area contributed by atoms with E-state index in [1.807, 2.05) is 18.2 Å². The lowest BCUT2D eigenvalue weighted by Gasteiger charge is -2.12. The predicted octanol–water partition coefficient (Wildman–Crippen LogP) is 3.08. The molecular formula is C17H22N2O3S. The number of nitrogens with zero attached hydrogens (tertiary/aromatic N) is 1. The van der Waals surface area contributed by atoms with Gasteiger partial charge in [-0.3, -0.25) is 9.59 Å². The van der Waals surface area contributed by atoms with E-state index < -0.39 is 0 Å². The fraction of sp³-hybridized carbons (Fsp3) is 0.471. The van der Waals surface area contributed by atoms with Gasteiger partial charge in [-0.2, -0.15) is 0 Å². The van der Waals surface area contributed by atoms with E-state index in [0.717, 1.165) is 29.8 Å². The molecule has 0 fully saturated rings. The van der Waals surface area contributed by atoms with Gasteiger partial charge in [0.25, 0.3) is 0 Å². The SMILES string of the molecule is COC(=O)CC(C)NC(=O)CCCCc1nc2ccccc2s1. The second-order valence-corrected chi connectivity index (χ2v) is 6.65. The number of carbonyl (C=O) groups is 2. The molecule has 1 heterocycles. The number of nitrogens with one attached hydrogen (secondary N) is 1. The first-order valence-electron chi connectivity index (χ1n) is 7.79. The number of ether oxygens (including phenoxy) is 1. The Labute approximate surface area is 140 Å². The van der Waals surface area contributed by atoms with Crippen LogP contribution in [0.2, 0.25) is 0 Å². The maximum atomic E-state index is 11.8. The number of para-hydroxylation sites is 1. The van der Waals surface area contributed by atoms with Gasteiger partial charge in [0.15, 0.2) is 0 Å². The Morgan fingerprint density at radius 3 is 2.83 bits per heavy atom. The van der Waals surface area contributed by atoms with Crippen molar-refractivity contribution >= 4 is 33.4 Å². The van der Waals surface area contributed by atoms with Crippen molar-refractivity contribution in [1.29, 1.82) is 0 Å². The van der Waals surface area contributed by atoms with Gasteiger partial charge in [-0.25, -0.2) is 4.98 Å². The Morgan fingerprint density at radius 2 is 2.09 bits per heavy atom. The molecule has 1 amide bonds. The summed E-state index contributed by atoms with van der Waals surface area (Å²) in [6.45, 7) is 1.80. The van der Waals surface area contributed by atoms with Crippen molar-refractivity contribution in [3.8, 4) is 0 Å². The average molecular weight is 334 g/mol. The Kier molecular flexibility index (Phi) is 6.52. The van der Waals surface area contributed by atoms with Crippen LogP contribution in [0.25, 0.3) is 10.2 Å². The van der Waals surface area contributed by atoms with Crippen LogP contribution in [-0.4, -0.2) is 30.0 Å². The van der Waals surface area contributed by atoms with Crippen LogP contribution in [0.3, 0.4) is 0 Å². The molecular weight excluding hydrogens is 312 g/mol. The van der Waals surface area contributed by atoms with Crippen molar-refractivity contribution in [2.75, 3.05) is 7.11 Å². The van der Waals surface area contributed by atoms with Crippen LogP contribution in [0, 0.1) is 0 Å². The average Bonchev–Trinajstić information content (AvgIpc) is 2.94. The first-order chi connectivity index (χ1) is 11.1. The molecule has 5 nitrogen and oxygen atoms in total. The standard InChI is InChI=1S/C17H22N2O3S/c1-12(11-17(21)22-2)18-15(20)9-5-6-10-16-19-13-7-3-4-8-14(13)23-16/h3-4,7-8,12H,5-6,9-11H2,1-2H3,(H,18,20). The maximum absolute atomic E-state index is 11.8. The van der Waals surface area contributed by atoms with Crippen molar-refractivity contribution in [3.05, 3.63) is 29.3 Å². The Hall–Kier alpha value is -1.95. The summed E-state index contributed by atoms with van der Waals surface area (Å²) in [6.07, 6.45) is 3.31. The van der Waals surface area contributed by atoms with Gasteiger partial charge in [-0.15, -0.1) is 11.3 Å². The van der Waals surface area contributed by atoms with Gasteiger partial charge in [-0.05, 0) is 38.3 Å². The predicted molar refractivity (Wildman–Crippen MR) is 91.4 cm³/mol. The number of aromatic nitrogens is 1. The molecule has 1 aromatic carbocycles. The minimum atomic E-state index is -0.311. The summed E-state index contributed by atoms with van der Waals surface area (Å²) in [7, 11) is 1.35. The molecule has 1 unspecified atom stereocenters. The summed E-state index contributed by atoms with van der Waals surface area (Å²) in [5.74, 6) is -0.334. The van der Waals surface area contributed by atoms with Crippen molar-refractivity contribution < 1.29 is 14.3 Å². The minimum absolute atomic E-state index is 0.0225. The maximum Gasteiger partial charge on any atom is 0.307 e. The lowest BCUT2D eigenvalue weighted by Crippen LogP contribution is -2.34. The van der Waals surface area contributed by atoms with E-state index in [4.69, 9.17) is 0 Å². The number of unbranched alkanes of at least 4 members (excludes halogenated alkanes) is 1. The largest absolute Gasteiger partial charge is 0.469 e. The zero-order valence-electron chi connectivity index (χ0n) is 13.5. The third kappa shape index (κ3) is 5.63. The summed E-state index contributed by atoms with van der Waals surface area (Å²) < 4.78 is 5.78. The van der Waals surface area contributed by atoms with E-state index in [0.29, 0.717) is 6.42 Å². The Balaban J connectivity index is 1.66. The quantitative estimate of drug-likeness (QED) is 0.595. The number of esters is 1. The number of thiazole rings is 1. The fourth-order valence-corrected chi connectivity index (χ4v) is 3.33. The Bertz CT molecular complexity index is 636. The molecule has 0 saturated carbocycles. The number of methoxy groups -OCH3 is 1. The highest BCUT2D eigenvalue weighted by Gasteiger charge is 2.12. The van der Waals surface area contributed by atoms with Crippen LogP contribution < -0.4 is 5.32 Å². The first-order valence-corrected chi connectivity index (χ1v) is 8.60. The van der Waals surface area contributed by atoms with Gasteiger partial charge in [-0.1, -0.05) is 12.1 Å². The first kappa shape index (κ1) is 17.4. The third-order valence-electron chi connectivity index (χ3n) is 3.49. The van der Waals surface area contributed by atoms with E-state index in [1.54, 1.807) is 18.3 Å². The van der Waals surface area contributed by atoms with Crippen LogP contribution >= 0.6 is 11.3 Å². The van der Waals surface area contributed by atoms with E-state index in [9.17, 15) is 9.59 Å². The van der Waals surface area contributed by atoms with Crippen LogP contribution in [0.15, 0.2) is 24.3 Å². The van der Waals surface area contributed by atoms with Crippen LogP contribution in [0.5, 0.6) is 0 Å². The third-order valence-corrected chi connectivity index (χ3v) is 4.59. The van der Waals surface area contributed by atoms with Gasteiger partial charge in [0.05, 0.1) is 28.8 Å². The number of hydrogen-bond donors (Lipinski definition) is 1. The molecule has 6 heteroatoms. The molecule has 0 aliphatic rings. The highest BCUT2D eigenvalue weighted by atomic mass is 32.1. The van der Waals surface area contributed by atoms with Gasteiger partial charge < -0.3 is 10.1 Å². The van der Waals surface area contributed by atoms with Crippen molar-refractivity contribution in [2.24, 2.45) is 0 Å². The zero-order chi connectivity index (χ0) is 16.7. The molecule has 0 radical (unpaired) electrons. The lowest BCUT2D eigenvalue weighted by molar-refractivity contribution is -0.141. The molecule has 1 atom stereocenters. The van der Waals surface area contributed by atoms with E-state index in [2.05, 4.69) is 21.1 Å². The summed E-state index contributed by atoms with van der Waals surface area (Å²) >= 11 is 1.71. The van der Waals surface area contributed by atoms with Crippen molar-refractivity contribution in [1.82, 2.24) is 10.3 Å². The molecule has 1 N–H and O–H groups in total. The van der Waals surface area contributed by atoms with Gasteiger partial charge in [0.1, 0.15) is 0 Å². The summed E-state index contributed by atoms with van der Waals surface area (Å²) in [4.78, 5) is 27.5. The highest BCUT2D eigenvalue weighted by Crippen LogP contribution is 2.22. The molecule has 1 aromatic heterocycles. The smallest absolute Gasteiger partial charge is 0.307 e. The number of aryl methyl sites for hydroxylation is 1. The highest BCUT2D eigenvalue weighted by molar-refractivity contribution is 7.18. The molecule has 0 bridgehead atoms. The summed E-state index contributed by atoms with van der Waals surface area (Å²) in [6, 6.07) is 7.91. The second-order valence-electron chi connectivity index (χ2n) is 5.53. The zero-order valence-corrected chi connectivity index (χ0v) is 14.3. The van der Waals surface area contributed by atoms with E-state index in [1.165, 1.54) is 11.8 Å². The lowest BCUT2D eigenvalue weighted by atomic mass is 10.1. The molecule has 23 heavy (non-hydrogen) atoms. The van der Waals surface area contributed by atoms with Gasteiger partial charge in [0.2, 0.25) is 5.91 Å². The topological polar surface area (TPSA) is 68.3 Å². The van der Waals surface area contributed by atoms with E-state index in [-0.39, 0.29) is 24.3 Å². The number of fused-ring (bicyclic) bond motifs is 1. The van der Waals surface area contributed by atoms with Gasteiger partial charge >= 0.3 is 5.97 Å². The van der Waals surface area contributed by atoms with Crippen LogP contribution in [0.4, 0.5) is 0 Å². The molecule has 0 aliphatic carbocycles. The summed E-state index contributed by atoms with van der Waals surface area (Å²) in [5, 5.41) is 3.93. The normalized spacial score (nSPS) is 12.1. The minimum Gasteiger partial charge on any atom is -0.469 e. The number of amides is 1. The fourth-order valence-electron chi connectivity index (χ4n) is 2.32. The van der Waals surface area contributed by atoms with Crippen molar-refractivity contribution in [2.45, 2.75) is 45.1 Å². The van der Waals surface area contributed by atoms with Gasteiger partial charge in [0, 0.05) is 12.5 Å². The monoisotopic (exact) mass is 334 g/mol. The molecule has 0 spiro atoms. The van der Waals surface area contributed by atoms with E-state index >= 15 is 0 Å². The second kappa shape index (κ2) is 8.62.